The minimum absolute atomic E-state index is 0.261. The zero-order valence-electron chi connectivity index (χ0n) is 17.0. The first-order valence-corrected chi connectivity index (χ1v) is 9.80. The molecule has 0 unspecified atom stereocenters. The van der Waals surface area contributed by atoms with Crippen molar-refractivity contribution >= 4 is 10.9 Å². The zero-order chi connectivity index (χ0) is 22.3. The molecule has 0 fully saturated rings. The van der Waals surface area contributed by atoms with E-state index in [9.17, 15) is 13.2 Å². The highest BCUT2D eigenvalue weighted by Crippen LogP contribution is 2.34. The van der Waals surface area contributed by atoms with Crippen molar-refractivity contribution in [3.05, 3.63) is 90.5 Å². The van der Waals surface area contributed by atoms with Gasteiger partial charge in [-0.15, -0.1) is 0 Å². The van der Waals surface area contributed by atoms with Crippen LogP contribution in [0.2, 0.25) is 0 Å². The predicted octanol–water partition coefficient (Wildman–Crippen LogP) is 4.83. The number of fused-ring (bicyclic) bond motifs is 1. The van der Waals surface area contributed by atoms with E-state index in [4.69, 9.17) is 0 Å². The first-order chi connectivity index (χ1) is 15.4. The highest BCUT2D eigenvalue weighted by Gasteiger charge is 2.33. The van der Waals surface area contributed by atoms with Gasteiger partial charge in [0.25, 0.3) is 0 Å². The second-order valence-corrected chi connectivity index (χ2v) is 7.44. The van der Waals surface area contributed by atoms with Crippen LogP contribution in [0.3, 0.4) is 0 Å². The number of benzene rings is 1. The molecule has 0 amide bonds. The molecule has 5 rings (SSSR count). The third-order valence-corrected chi connectivity index (χ3v) is 5.17. The molecule has 160 valence electrons. The van der Waals surface area contributed by atoms with Crippen LogP contribution in [0.5, 0.6) is 0 Å². The third kappa shape index (κ3) is 3.73. The van der Waals surface area contributed by atoms with Crippen LogP contribution in [0.4, 0.5) is 13.2 Å². The molecule has 5 aromatic rings. The fourth-order valence-corrected chi connectivity index (χ4v) is 3.68. The van der Waals surface area contributed by atoms with Crippen molar-refractivity contribution in [2.45, 2.75) is 12.6 Å². The minimum atomic E-state index is -4.57. The van der Waals surface area contributed by atoms with E-state index in [1.165, 1.54) is 0 Å². The van der Waals surface area contributed by atoms with Crippen molar-refractivity contribution in [3.63, 3.8) is 0 Å². The number of imidazole rings is 1. The van der Waals surface area contributed by atoms with E-state index in [2.05, 4.69) is 20.1 Å². The average Bonchev–Trinajstić information content (AvgIpc) is 3.42. The predicted molar refractivity (Wildman–Crippen MR) is 113 cm³/mol. The number of halogens is 3. The van der Waals surface area contributed by atoms with E-state index >= 15 is 0 Å². The number of para-hydroxylation sites is 1. The Kier molecular flexibility index (Phi) is 4.73. The molecule has 0 aliphatic carbocycles. The largest absolute Gasteiger partial charge is 0.433 e. The smallest absolute Gasteiger partial charge is 0.303 e. The van der Waals surface area contributed by atoms with E-state index in [0.29, 0.717) is 28.8 Å². The van der Waals surface area contributed by atoms with Gasteiger partial charge in [0, 0.05) is 42.8 Å². The molecule has 4 aromatic heterocycles. The number of alkyl halides is 3. The molecule has 4 heterocycles. The van der Waals surface area contributed by atoms with E-state index < -0.39 is 11.9 Å². The zero-order valence-corrected chi connectivity index (χ0v) is 17.0. The normalized spacial score (nSPS) is 11.9. The van der Waals surface area contributed by atoms with E-state index in [0.717, 1.165) is 17.2 Å². The number of aromatic nitrogens is 6. The first kappa shape index (κ1) is 19.9. The molecule has 0 spiro atoms. The summed E-state index contributed by atoms with van der Waals surface area (Å²) in [5.41, 5.74) is 2.68. The van der Waals surface area contributed by atoms with Gasteiger partial charge in [-0.25, -0.2) is 9.97 Å². The van der Waals surface area contributed by atoms with Crippen LogP contribution < -0.4 is 0 Å². The Bertz CT molecular complexity index is 1400. The van der Waals surface area contributed by atoms with Crippen LogP contribution in [-0.2, 0) is 19.6 Å². The summed E-state index contributed by atoms with van der Waals surface area (Å²) in [5.74, 6) is 0. The molecule has 0 bridgehead atoms. The van der Waals surface area contributed by atoms with Crippen LogP contribution in [0, 0.1) is 0 Å². The quantitative estimate of drug-likeness (QED) is 0.407. The number of pyridine rings is 2. The second-order valence-electron chi connectivity index (χ2n) is 7.44. The monoisotopic (exact) mass is 434 g/mol. The lowest BCUT2D eigenvalue weighted by atomic mass is 10.00. The molecule has 0 aliphatic heterocycles. The van der Waals surface area contributed by atoms with Gasteiger partial charge in [-0.3, -0.25) is 9.67 Å². The molecule has 0 saturated carbocycles. The van der Waals surface area contributed by atoms with E-state index in [1.807, 2.05) is 18.3 Å². The lowest BCUT2D eigenvalue weighted by Gasteiger charge is -2.14. The molecular formula is C23H17F3N6. The summed E-state index contributed by atoms with van der Waals surface area (Å²) < 4.78 is 44.4. The van der Waals surface area contributed by atoms with Gasteiger partial charge in [-0.05, 0) is 35.7 Å². The van der Waals surface area contributed by atoms with Crippen molar-refractivity contribution in [2.75, 3.05) is 0 Å². The summed E-state index contributed by atoms with van der Waals surface area (Å²) in [7, 11) is 1.80. The van der Waals surface area contributed by atoms with Gasteiger partial charge in [0.1, 0.15) is 5.69 Å². The Hall–Kier alpha value is -4.01. The Morgan fingerprint density at radius 3 is 2.62 bits per heavy atom. The number of aryl methyl sites for hydroxylation is 1. The summed E-state index contributed by atoms with van der Waals surface area (Å²) in [5, 5.41) is 4.79. The molecule has 0 atom stereocenters. The first-order valence-electron chi connectivity index (χ1n) is 9.80. The van der Waals surface area contributed by atoms with Gasteiger partial charge in [0.15, 0.2) is 0 Å². The summed E-state index contributed by atoms with van der Waals surface area (Å²) in [4.78, 5) is 12.5. The molecule has 0 radical (unpaired) electrons. The highest BCUT2D eigenvalue weighted by molar-refractivity contribution is 5.90. The van der Waals surface area contributed by atoms with Crippen molar-refractivity contribution in [3.8, 4) is 16.9 Å². The highest BCUT2D eigenvalue weighted by atomic mass is 19.4. The lowest BCUT2D eigenvalue weighted by molar-refractivity contribution is -0.141. The van der Waals surface area contributed by atoms with E-state index in [1.54, 1.807) is 65.6 Å². The SMILES string of the molecule is Cn1cc(-c2cn(-c3cccc4c(Cc5cccnc5)cc(C(F)(F)F)nc34)cn2)cn1. The van der Waals surface area contributed by atoms with Gasteiger partial charge in [0.05, 0.1) is 29.4 Å². The lowest BCUT2D eigenvalue weighted by Crippen LogP contribution is -2.10. The summed E-state index contributed by atoms with van der Waals surface area (Å²) in [6, 6.07) is 10.1. The second kappa shape index (κ2) is 7.60. The Morgan fingerprint density at radius 2 is 1.91 bits per heavy atom. The molecule has 0 aliphatic rings. The van der Waals surface area contributed by atoms with Crippen LogP contribution in [0.15, 0.2) is 73.7 Å². The number of nitrogens with zero attached hydrogens (tertiary/aromatic N) is 6. The minimum Gasteiger partial charge on any atom is -0.303 e. The van der Waals surface area contributed by atoms with Crippen LogP contribution in [0.25, 0.3) is 27.8 Å². The summed E-state index contributed by atoms with van der Waals surface area (Å²) >= 11 is 0. The summed E-state index contributed by atoms with van der Waals surface area (Å²) in [6.07, 6.45) is 5.86. The molecular weight excluding hydrogens is 417 g/mol. The standard InChI is InChI=1S/C23H17F3N6/c1-31-12-17(11-29-31)19-13-32(14-28-19)20-6-2-5-18-16(8-15-4-3-7-27-10-15)9-21(23(24,25)26)30-22(18)20/h2-7,9-14H,8H2,1H3. The van der Waals surface area contributed by atoms with Gasteiger partial charge in [-0.2, -0.15) is 18.3 Å². The molecule has 9 heteroatoms. The molecule has 32 heavy (non-hydrogen) atoms. The maximum atomic E-state index is 13.7. The molecule has 0 N–H and O–H groups in total. The van der Waals surface area contributed by atoms with Gasteiger partial charge in [0.2, 0.25) is 0 Å². The number of hydrogen-bond acceptors (Lipinski definition) is 4. The molecule has 6 nitrogen and oxygen atoms in total. The van der Waals surface area contributed by atoms with Crippen molar-refractivity contribution in [1.82, 2.24) is 29.3 Å². The average molecular weight is 434 g/mol. The number of rotatable bonds is 4. The Balaban J connectivity index is 1.67. The maximum Gasteiger partial charge on any atom is 0.433 e. The molecule has 0 saturated heterocycles. The topological polar surface area (TPSA) is 61.4 Å². The third-order valence-electron chi connectivity index (χ3n) is 5.17. The van der Waals surface area contributed by atoms with Crippen molar-refractivity contribution in [1.29, 1.82) is 0 Å². The van der Waals surface area contributed by atoms with Crippen molar-refractivity contribution < 1.29 is 13.2 Å². The Morgan fingerprint density at radius 1 is 1.03 bits per heavy atom. The fourth-order valence-electron chi connectivity index (χ4n) is 3.68. The van der Waals surface area contributed by atoms with Gasteiger partial charge in [-0.1, -0.05) is 18.2 Å². The Labute approximate surface area is 181 Å². The molecule has 1 aromatic carbocycles. The van der Waals surface area contributed by atoms with Gasteiger partial charge < -0.3 is 4.57 Å². The fraction of sp³-hybridized carbons (Fsp3) is 0.130. The number of hydrogen-bond donors (Lipinski definition) is 0. The van der Waals surface area contributed by atoms with E-state index in [-0.39, 0.29) is 5.52 Å². The van der Waals surface area contributed by atoms with Crippen LogP contribution in [0.1, 0.15) is 16.8 Å². The van der Waals surface area contributed by atoms with Crippen molar-refractivity contribution in [2.24, 2.45) is 7.05 Å². The maximum absolute atomic E-state index is 13.7. The van der Waals surface area contributed by atoms with Crippen LogP contribution >= 0.6 is 0 Å². The van der Waals surface area contributed by atoms with Crippen LogP contribution in [-0.4, -0.2) is 29.3 Å². The van der Waals surface area contributed by atoms with Gasteiger partial charge >= 0.3 is 6.18 Å². The summed E-state index contributed by atoms with van der Waals surface area (Å²) in [6.45, 7) is 0.